The molecule has 100 valence electrons. The molecule has 18 heavy (non-hydrogen) atoms. The lowest BCUT2D eigenvalue weighted by molar-refractivity contribution is -0.142. The van der Waals surface area contributed by atoms with E-state index in [0.29, 0.717) is 24.5 Å². The summed E-state index contributed by atoms with van der Waals surface area (Å²) < 4.78 is 4.95. The van der Waals surface area contributed by atoms with Gasteiger partial charge in [0.25, 0.3) is 0 Å². The summed E-state index contributed by atoms with van der Waals surface area (Å²) in [6.07, 6.45) is 2.89. The fraction of sp³-hybridized carbons (Fsp3) is 0.500. The number of rotatable bonds is 8. The monoisotopic (exact) mass is 270 g/mol. The van der Waals surface area contributed by atoms with Gasteiger partial charge in [-0.1, -0.05) is 36.2 Å². The summed E-state index contributed by atoms with van der Waals surface area (Å²) in [6.45, 7) is 0.679. The maximum Gasteiger partial charge on any atom is 0.306 e. The first-order valence-electron chi connectivity index (χ1n) is 6.10. The van der Waals surface area contributed by atoms with Gasteiger partial charge in [0, 0.05) is 18.7 Å². The van der Waals surface area contributed by atoms with Gasteiger partial charge < -0.3 is 9.84 Å². The number of hydrogen-bond donors (Lipinski definition) is 1. The lowest BCUT2D eigenvalue weighted by atomic mass is 9.94. The number of carboxylic acids is 1. The molecule has 0 aliphatic rings. The molecular weight excluding hydrogens is 252 g/mol. The van der Waals surface area contributed by atoms with Crippen molar-refractivity contribution in [1.29, 1.82) is 0 Å². The average molecular weight is 271 g/mol. The Hall–Kier alpha value is -1.06. The van der Waals surface area contributed by atoms with Crippen molar-refractivity contribution >= 4 is 17.6 Å². The molecule has 0 heterocycles. The highest BCUT2D eigenvalue weighted by atomic mass is 35.5. The molecule has 0 saturated carbocycles. The summed E-state index contributed by atoms with van der Waals surface area (Å²) in [6, 6.07) is 7.40. The Morgan fingerprint density at radius 2 is 2.11 bits per heavy atom. The Kier molecular flexibility index (Phi) is 6.76. The quantitative estimate of drug-likeness (QED) is 0.737. The molecule has 1 N–H and O–H groups in total. The van der Waals surface area contributed by atoms with Gasteiger partial charge in [0.1, 0.15) is 0 Å². The van der Waals surface area contributed by atoms with Gasteiger partial charge in [0.2, 0.25) is 0 Å². The molecule has 0 aliphatic carbocycles. The van der Waals surface area contributed by atoms with E-state index in [-0.39, 0.29) is 5.92 Å². The Morgan fingerprint density at radius 1 is 1.39 bits per heavy atom. The van der Waals surface area contributed by atoms with Gasteiger partial charge in [0.15, 0.2) is 0 Å². The minimum Gasteiger partial charge on any atom is -0.481 e. The maximum absolute atomic E-state index is 11.2. The smallest absolute Gasteiger partial charge is 0.306 e. The van der Waals surface area contributed by atoms with Crippen LogP contribution in [0.3, 0.4) is 0 Å². The number of hydrogen-bond acceptors (Lipinski definition) is 2. The van der Waals surface area contributed by atoms with Crippen molar-refractivity contribution in [2.75, 3.05) is 13.7 Å². The second kappa shape index (κ2) is 8.11. The van der Waals surface area contributed by atoms with Crippen LogP contribution in [-0.4, -0.2) is 24.8 Å². The fourth-order valence-corrected chi connectivity index (χ4v) is 2.09. The van der Waals surface area contributed by atoms with Gasteiger partial charge in [-0.15, -0.1) is 0 Å². The zero-order valence-corrected chi connectivity index (χ0v) is 11.3. The molecule has 1 aromatic rings. The Labute approximate surface area is 113 Å². The number of aliphatic carboxylic acids is 1. The number of unbranched alkanes of at least 4 members (excludes halogenated alkanes) is 1. The third-order valence-corrected chi connectivity index (χ3v) is 3.29. The van der Waals surface area contributed by atoms with Crippen LogP contribution in [0.1, 0.15) is 24.8 Å². The van der Waals surface area contributed by atoms with Crippen molar-refractivity contribution in [3.8, 4) is 0 Å². The highest BCUT2D eigenvalue weighted by Crippen LogP contribution is 2.21. The second-order valence-corrected chi connectivity index (χ2v) is 4.73. The van der Waals surface area contributed by atoms with Crippen molar-refractivity contribution < 1.29 is 14.6 Å². The SMILES string of the molecule is COCCCCC(Cc1ccccc1Cl)C(=O)O. The van der Waals surface area contributed by atoms with Crippen LogP contribution >= 0.6 is 11.6 Å². The minimum absolute atomic E-state index is 0.373. The van der Waals surface area contributed by atoms with Crippen LogP contribution in [0.2, 0.25) is 5.02 Å². The topological polar surface area (TPSA) is 46.5 Å². The summed E-state index contributed by atoms with van der Waals surface area (Å²) in [7, 11) is 1.65. The van der Waals surface area contributed by atoms with E-state index in [1.54, 1.807) is 13.2 Å². The highest BCUT2D eigenvalue weighted by Gasteiger charge is 2.18. The Balaban J connectivity index is 2.53. The second-order valence-electron chi connectivity index (χ2n) is 4.32. The molecule has 1 atom stereocenters. The molecule has 1 rings (SSSR count). The van der Waals surface area contributed by atoms with Crippen LogP contribution in [0.4, 0.5) is 0 Å². The number of benzene rings is 1. The van der Waals surface area contributed by atoms with Crippen LogP contribution in [0.25, 0.3) is 0 Å². The normalized spacial score (nSPS) is 12.3. The van der Waals surface area contributed by atoms with Crippen LogP contribution in [0, 0.1) is 5.92 Å². The Bertz CT molecular complexity index is 379. The summed E-state index contributed by atoms with van der Waals surface area (Å²) >= 11 is 6.04. The van der Waals surface area contributed by atoms with Gasteiger partial charge in [-0.3, -0.25) is 4.79 Å². The Morgan fingerprint density at radius 3 is 2.72 bits per heavy atom. The molecule has 0 fully saturated rings. The van der Waals surface area contributed by atoms with E-state index in [1.807, 2.05) is 18.2 Å². The van der Waals surface area contributed by atoms with Crippen LogP contribution < -0.4 is 0 Å². The zero-order valence-electron chi connectivity index (χ0n) is 10.6. The van der Waals surface area contributed by atoms with E-state index in [9.17, 15) is 9.90 Å². The molecular formula is C14H19ClO3. The third-order valence-electron chi connectivity index (χ3n) is 2.92. The van der Waals surface area contributed by atoms with Gasteiger partial charge in [0.05, 0.1) is 5.92 Å². The third kappa shape index (κ3) is 5.07. The predicted octanol–water partition coefficient (Wildman–Crippen LogP) is 3.40. The number of methoxy groups -OCH3 is 1. The van der Waals surface area contributed by atoms with Gasteiger partial charge in [-0.25, -0.2) is 0 Å². The lowest BCUT2D eigenvalue weighted by Crippen LogP contribution is -2.16. The van der Waals surface area contributed by atoms with E-state index in [4.69, 9.17) is 16.3 Å². The highest BCUT2D eigenvalue weighted by molar-refractivity contribution is 6.31. The molecule has 1 unspecified atom stereocenters. The van der Waals surface area contributed by atoms with E-state index >= 15 is 0 Å². The van der Waals surface area contributed by atoms with Crippen molar-refractivity contribution in [2.45, 2.75) is 25.7 Å². The average Bonchev–Trinajstić information content (AvgIpc) is 2.35. The van der Waals surface area contributed by atoms with Crippen LogP contribution in [-0.2, 0) is 16.0 Å². The van der Waals surface area contributed by atoms with Crippen molar-refractivity contribution in [3.63, 3.8) is 0 Å². The summed E-state index contributed by atoms with van der Waals surface area (Å²) in [4.78, 5) is 11.2. The lowest BCUT2D eigenvalue weighted by Gasteiger charge is -2.13. The van der Waals surface area contributed by atoms with Gasteiger partial charge >= 0.3 is 5.97 Å². The molecule has 0 spiro atoms. The van der Waals surface area contributed by atoms with Crippen LogP contribution in [0.15, 0.2) is 24.3 Å². The van der Waals surface area contributed by atoms with Crippen LogP contribution in [0.5, 0.6) is 0 Å². The van der Waals surface area contributed by atoms with E-state index in [2.05, 4.69) is 0 Å². The van der Waals surface area contributed by atoms with Crippen molar-refractivity contribution in [2.24, 2.45) is 5.92 Å². The van der Waals surface area contributed by atoms with E-state index in [0.717, 1.165) is 18.4 Å². The molecule has 0 bridgehead atoms. The molecule has 0 saturated heterocycles. The maximum atomic E-state index is 11.2. The first kappa shape index (κ1) is 15.0. The fourth-order valence-electron chi connectivity index (χ4n) is 1.88. The van der Waals surface area contributed by atoms with E-state index < -0.39 is 5.97 Å². The molecule has 0 aliphatic heterocycles. The minimum atomic E-state index is -0.757. The first-order valence-corrected chi connectivity index (χ1v) is 6.48. The largest absolute Gasteiger partial charge is 0.481 e. The summed E-state index contributed by atoms with van der Waals surface area (Å²) in [5.74, 6) is -1.13. The number of halogens is 1. The molecule has 4 heteroatoms. The summed E-state index contributed by atoms with van der Waals surface area (Å²) in [5.41, 5.74) is 0.901. The first-order chi connectivity index (χ1) is 8.65. The summed E-state index contributed by atoms with van der Waals surface area (Å²) in [5, 5.41) is 9.85. The van der Waals surface area contributed by atoms with Crippen molar-refractivity contribution in [1.82, 2.24) is 0 Å². The number of ether oxygens (including phenoxy) is 1. The van der Waals surface area contributed by atoms with Gasteiger partial charge in [-0.05, 0) is 30.9 Å². The molecule has 0 aromatic heterocycles. The zero-order chi connectivity index (χ0) is 13.4. The van der Waals surface area contributed by atoms with E-state index in [1.165, 1.54) is 0 Å². The molecule has 0 radical (unpaired) electrons. The number of carboxylic acid groups (broad SMARTS) is 1. The predicted molar refractivity (Wildman–Crippen MR) is 72.0 cm³/mol. The number of carbonyl (C=O) groups is 1. The standard InChI is InChI=1S/C14H19ClO3/c1-18-9-5-4-7-12(14(16)17)10-11-6-2-3-8-13(11)15/h2-3,6,8,12H,4-5,7,9-10H2,1H3,(H,16,17). The van der Waals surface area contributed by atoms with Crippen molar-refractivity contribution in [3.05, 3.63) is 34.9 Å². The van der Waals surface area contributed by atoms with Gasteiger partial charge in [-0.2, -0.15) is 0 Å². The molecule has 0 amide bonds. The molecule has 1 aromatic carbocycles. The molecule has 3 nitrogen and oxygen atoms in total.